The summed E-state index contributed by atoms with van der Waals surface area (Å²) in [4.78, 5) is 28.8. The molecule has 0 rings (SSSR count). The van der Waals surface area contributed by atoms with E-state index in [-0.39, 0.29) is 96.7 Å². The summed E-state index contributed by atoms with van der Waals surface area (Å²) >= 11 is 0. The van der Waals surface area contributed by atoms with E-state index in [0.717, 1.165) is 0 Å². The zero-order chi connectivity index (χ0) is 8.15. The molecule has 7 nitrogen and oxygen atoms in total. The summed E-state index contributed by atoms with van der Waals surface area (Å²) in [6.07, 6.45) is -5.64. The largest absolute Gasteiger partial charge is 2.00 e. The van der Waals surface area contributed by atoms with Crippen LogP contribution in [0, 0.1) is 0 Å². The summed E-state index contributed by atoms with van der Waals surface area (Å²) in [6.45, 7) is 0. The van der Waals surface area contributed by atoms with E-state index in [1.165, 1.54) is 0 Å². The van der Waals surface area contributed by atoms with E-state index < -0.39 is 18.5 Å². The Morgan fingerprint density at radius 1 is 0.917 bits per heavy atom. The van der Waals surface area contributed by atoms with Gasteiger partial charge in [0.1, 0.15) is 0 Å². The van der Waals surface area contributed by atoms with Gasteiger partial charge in [-0.25, -0.2) is 14.4 Å². The molecule has 0 heterocycles. The van der Waals surface area contributed by atoms with Crippen LogP contribution in [0.15, 0.2) is 0 Å². The number of rotatable bonds is 0. The zero-order valence-corrected chi connectivity index (χ0v) is 12.8. The molecule has 0 bridgehead atoms. The van der Waals surface area contributed by atoms with E-state index >= 15 is 0 Å². The third-order valence-electron chi connectivity index (χ3n) is 0.341. The molecule has 12 heavy (non-hydrogen) atoms. The van der Waals surface area contributed by atoms with E-state index in [4.69, 9.17) is 10.2 Å². The minimum Gasteiger partial charge on any atom is -1.00 e. The van der Waals surface area contributed by atoms with Crippen LogP contribution in [0.2, 0.25) is 0 Å². The molecule has 0 atom stereocenters. The van der Waals surface area contributed by atoms with Crippen molar-refractivity contribution in [3.05, 3.63) is 0 Å². The monoisotopic (exact) mass is 330 g/mol. The minimum atomic E-state index is -1.92. The van der Waals surface area contributed by atoms with Crippen LogP contribution in [-0.2, 0) is 9.47 Å². The van der Waals surface area contributed by atoms with Crippen LogP contribution in [0.25, 0.3) is 0 Å². The molecule has 0 aromatic heterocycles. The fourth-order valence-corrected chi connectivity index (χ4v) is 0.163. The number of ether oxygens (including phenoxy) is 2. The maximum absolute atomic E-state index is 9.86. The minimum absolute atomic E-state index is 0. The fourth-order valence-electron chi connectivity index (χ4n) is 0.163. The molecule has 64 valence electrons. The molecule has 0 saturated heterocycles. The first-order valence-electron chi connectivity index (χ1n) is 1.88. The molecular formula is C3H6O7Sr2. The van der Waals surface area contributed by atoms with Gasteiger partial charge in [0.2, 0.25) is 0 Å². The second-order valence-electron chi connectivity index (χ2n) is 0.986. The van der Waals surface area contributed by atoms with Gasteiger partial charge in [0, 0.05) is 0 Å². The average molecular weight is 329 g/mol. The maximum Gasteiger partial charge on any atom is 2.00 e. The Morgan fingerprint density at radius 3 is 1.33 bits per heavy atom. The molecule has 0 aromatic rings. The van der Waals surface area contributed by atoms with E-state index in [2.05, 4.69) is 9.47 Å². The molecular weight excluding hydrogens is 323 g/mol. The van der Waals surface area contributed by atoms with Crippen LogP contribution in [0.5, 0.6) is 0 Å². The Morgan fingerprint density at radius 2 is 1.17 bits per heavy atom. The van der Waals surface area contributed by atoms with E-state index in [1.807, 2.05) is 0 Å². The van der Waals surface area contributed by atoms with Crippen molar-refractivity contribution >= 4 is 109 Å². The molecule has 2 N–H and O–H groups in total. The van der Waals surface area contributed by atoms with Gasteiger partial charge in [-0.3, -0.25) is 0 Å². The number of carbonyl (C=O) groups excluding carboxylic acids is 1. The van der Waals surface area contributed by atoms with Crippen LogP contribution in [-0.4, -0.2) is 120 Å². The second kappa shape index (κ2) is 10.3. The molecule has 0 aliphatic carbocycles. The summed E-state index contributed by atoms with van der Waals surface area (Å²) < 4.78 is 6.47. The maximum atomic E-state index is 9.86. The molecule has 0 radical (unpaired) electrons. The molecule has 0 spiro atoms. The van der Waals surface area contributed by atoms with Crippen molar-refractivity contribution in [1.82, 2.24) is 0 Å². The summed E-state index contributed by atoms with van der Waals surface area (Å²) in [6, 6.07) is 0. The van der Waals surface area contributed by atoms with Crippen LogP contribution < -0.4 is 0 Å². The van der Waals surface area contributed by atoms with Gasteiger partial charge in [0.15, 0.2) is 0 Å². The third kappa shape index (κ3) is 13.7. The molecule has 0 aliphatic heterocycles. The van der Waals surface area contributed by atoms with Gasteiger partial charge in [-0.1, -0.05) is 0 Å². The molecule has 0 aromatic carbocycles. The van der Waals surface area contributed by atoms with Crippen molar-refractivity contribution in [2.75, 3.05) is 0 Å². The van der Waals surface area contributed by atoms with Gasteiger partial charge in [-0.2, -0.15) is 0 Å². The molecule has 0 amide bonds. The Labute approximate surface area is 146 Å². The summed E-state index contributed by atoms with van der Waals surface area (Å²) in [5, 5.41) is 15.4. The Hall–Kier alpha value is 1.17. The van der Waals surface area contributed by atoms with Gasteiger partial charge < -0.3 is 25.4 Å². The predicted octanol–water partition coefficient (Wildman–Crippen LogP) is 0.184. The van der Waals surface area contributed by atoms with E-state index in [9.17, 15) is 14.4 Å². The van der Waals surface area contributed by atoms with Crippen LogP contribution in [0.1, 0.15) is 5.71 Å². The predicted molar refractivity (Wildman–Crippen MR) is 39.6 cm³/mol. The average Bonchev–Trinajstić information content (AvgIpc) is 1.58. The Balaban J connectivity index is -0.0000000270. The Bertz CT molecular complexity index is 172. The van der Waals surface area contributed by atoms with Gasteiger partial charge in [-0.15, -0.1) is 0 Å². The smallest absolute Gasteiger partial charge is 1.00 e. The van der Waals surface area contributed by atoms with Gasteiger partial charge >= 0.3 is 109 Å². The van der Waals surface area contributed by atoms with Crippen molar-refractivity contribution in [2.24, 2.45) is 0 Å². The number of carboxylic acid groups (broad SMARTS) is 2. The van der Waals surface area contributed by atoms with Crippen LogP contribution in [0.4, 0.5) is 14.4 Å². The summed E-state index contributed by atoms with van der Waals surface area (Å²) in [5.74, 6) is 0. The normalized spacial score (nSPS) is 6.67. The van der Waals surface area contributed by atoms with E-state index in [1.54, 1.807) is 0 Å². The summed E-state index contributed by atoms with van der Waals surface area (Å²) in [7, 11) is 0. The Kier molecular flexibility index (Phi) is 16.1. The van der Waals surface area contributed by atoms with Crippen LogP contribution >= 0.6 is 0 Å². The second-order valence-corrected chi connectivity index (χ2v) is 0.986. The van der Waals surface area contributed by atoms with Crippen molar-refractivity contribution in [3.63, 3.8) is 0 Å². The number of hydrogen-bond acceptors (Lipinski definition) is 5. The summed E-state index contributed by atoms with van der Waals surface area (Å²) in [5.41, 5.74) is 0. The van der Waals surface area contributed by atoms with E-state index in [0.29, 0.717) is 0 Å². The van der Waals surface area contributed by atoms with Gasteiger partial charge in [0.25, 0.3) is 0 Å². The molecule has 0 saturated carbocycles. The van der Waals surface area contributed by atoms with Crippen molar-refractivity contribution in [2.45, 2.75) is 0 Å². The standard InChI is InChI=1S/C3H2O7.2Sr.4H/c4-1(5)9-3(8)10-2(6)7;;;;;;/h(H,4,5)(H,6,7);;;;;;/q;2*+2;4*-1. The fraction of sp³-hybridized carbons (Fsp3) is 0. The SMILES string of the molecule is O=C(O)OC(=O)OC(=O)O.[H-].[H-].[H-].[H-].[Sr+2].[Sr+2]. The quantitative estimate of drug-likeness (QED) is 0.371. The van der Waals surface area contributed by atoms with Crippen LogP contribution in [0.3, 0.4) is 0 Å². The zero-order valence-electron chi connectivity index (χ0n) is 9.85. The molecule has 0 aliphatic rings. The first kappa shape index (κ1) is 18.9. The first-order valence-corrected chi connectivity index (χ1v) is 1.88. The van der Waals surface area contributed by atoms with Crippen molar-refractivity contribution in [1.29, 1.82) is 0 Å². The van der Waals surface area contributed by atoms with Gasteiger partial charge in [0.05, 0.1) is 0 Å². The molecule has 9 heteroatoms. The van der Waals surface area contributed by atoms with Gasteiger partial charge in [-0.05, 0) is 0 Å². The third-order valence-corrected chi connectivity index (χ3v) is 0.341. The number of carbonyl (C=O) groups is 3. The van der Waals surface area contributed by atoms with Crippen molar-refractivity contribution in [3.8, 4) is 0 Å². The van der Waals surface area contributed by atoms with Crippen molar-refractivity contribution < 1.29 is 39.8 Å². The topological polar surface area (TPSA) is 110 Å². The first-order chi connectivity index (χ1) is 4.52. The number of hydrogen-bond donors (Lipinski definition) is 2. The molecule has 0 fully saturated rings. The molecule has 0 unspecified atom stereocenters.